The Hall–Kier alpha value is -1.32. The summed E-state index contributed by atoms with van der Waals surface area (Å²) in [7, 11) is 0. The van der Waals surface area contributed by atoms with Gasteiger partial charge in [0.05, 0.1) is 0 Å². The van der Waals surface area contributed by atoms with Crippen LogP contribution in [0.5, 0.6) is 0 Å². The van der Waals surface area contributed by atoms with Gasteiger partial charge in [-0.2, -0.15) is 5.48 Å². The molecule has 1 amide bonds. The number of carbonyl (C=O) groups excluding carboxylic acids is 2. The van der Waals surface area contributed by atoms with Crippen molar-refractivity contribution in [2.24, 2.45) is 0 Å². The van der Waals surface area contributed by atoms with E-state index in [1.807, 2.05) is 12.4 Å². The summed E-state index contributed by atoms with van der Waals surface area (Å²) in [6, 6.07) is 0. The van der Waals surface area contributed by atoms with Gasteiger partial charge < -0.3 is 4.84 Å². The highest BCUT2D eigenvalue weighted by molar-refractivity contribution is 5.87. The maximum Gasteiger partial charge on any atom is 0.329 e. The largest absolute Gasteiger partial charge is 0.341 e. The van der Waals surface area contributed by atoms with Crippen molar-refractivity contribution in [1.82, 2.24) is 5.48 Å². The second-order valence-electron chi connectivity index (χ2n) is 1.87. The summed E-state index contributed by atoms with van der Waals surface area (Å²) in [6.45, 7) is 3.11. The molecule has 0 aliphatic heterocycles. The van der Waals surface area contributed by atoms with E-state index >= 15 is 0 Å². The third-order valence-electron chi connectivity index (χ3n) is 0.800. The molecule has 0 saturated carbocycles. The van der Waals surface area contributed by atoms with Gasteiger partial charge in [0.15, 0.2) is 0 Å². The lowest BCUT2D eigenvalue weighted by atomic mass is 10.4. The van der Waals surface area contributed by atoms with Gasteiger partial charge in [-0.05, 0) is 6.42 Å². The summed E-state index contributed by atoms with van der Waals surface area (Å²) < 4.78 is 0. The molecule has 0 atom stereocenters. The van der Waals surface area contributed by atoms with Crippen LogP contribution < -0.4 is 5.48 Å². The lowest BCUT2D eigenvalue weighted by Crippen LogP contribution is -2.23. The van der Waals surface area contributed by atoms with Crippen LogP contribution in [0.2, 0.25) is 0 Å². The van der Waals surface area contributed by atoms with Gasteiger partial charge in [0.2, 0.25) is 0 Å². The maximum absolute atomic E-state index is 10.6. The van der Waals surface area contributed by atoms with E-state index in [1.54, 1.807) is 6.08 Å². The SMILES string of the molecule is CCC=CC(=O)NOC(C)=O. The number of hydrogen-bond donors (Lipinski definition) is 1. The van der Waals surface area contributed by atoms with Gasteiger partial charge in [0.1, 0.15) is 0 Å². The normalized spacial score (nSPS) is 9.64. The molecule has 11 heavy (non-hydrogen) atoms. The van der Waals surface area contributed by atoms with Crippen molar-refractivity contribution in [3.63, 3.8) is 0 Å². The molecule has 0 saturated heterocycles. The molecule has 62 valence electrons. The van der Waals surface area contributed by atoms with Crippen LogP contribution in [0.4, 0.5) is 0 Å². The highest BCUT2D eigenvalue weighted by Gasteiger charge is 1.95. The monoisotopic (exact) mass is 157 g/mol. The molecule has 0 aliphatic rings. The molecule has 1 N–H and O–H groups in total. The van der Waals surface area contributed by atoms with Crippen molar-refractivity contribution in [2.45, 2.75) is 20.3 Å². The van der Waals surface area contributed by atoms with E-state index in [-0.39, 0.29) is 0 Å². The molecule has 4 nitrogen and oxygen atoms in total. The molecule has 0 aromatic rings. The zero-order valence-electron chi connectivity index (χ0n) is 6.59. The number of hydroxylamine groups is 1. The molecule has 0 fully saturated rings. The average molecular weight is 157 g/mol. The van der Waals surface area contributed by atoms with Crippen LogP contribution in [-0.2, 0) is 14.4 Å². The second kappa shape index (κ2) is 5.46. The van der Waals surface area contributed by atoms with Crippen LogP contribution in [-0.4, -0.2) is 11.9 Å². The van der Waals surface area contributed by atoms with Crippen molar-refractivity contribution >= 4 is 11.9 Å². The molecule has 0 radical (unpaired) electrons. The summed E-state index contributed by atoms with van der Waals surface area (Å²) in [5.41, 5.74) is 1.94. The zero-order valence-corrected chi connectivity index (χ0v) is 6.59. The fourth-order valence-corrected chi connectivity index (χ4v) is 0.381. The quantitative estimate of drug-likeness (QED) is 0.470. The third kappa shape index (κ3) is 6.57. The summed E-state index contributed by atoms with van der Waals surface area (Å²) in [5.74, 6) is -0.967. The van der Waals surface area contributed by atoms with Crippen LogP contribution >= 0.6 is 0 Å². The van der Waals surface area contributed by atoms with Crippen LogP contribution in [0, 0.1) is 0 Å². The van der Waals surface area contributed by atoms with E-state index in [9.17, 15) is 9.59 Å². The van der Waals surface area contributed by atoms with Crippen molar-refractivity contribution in [3.05, 3.63) is 12.2 Å². The first-order valence-corrected chi connectivity index (χ1v) is 3.30. The molecular weight excluding hydrogens is 146 g/mol. The molecule has 0 spiro atoms. The Labute approximate surface area is 65.2 Å². The third-order valence-corrected chi connectivity index (χ3v) is 0.800. The van der Waals surface area contributed by atoms with E-state index in [1.165, 1.54) is 13.0 Å². The van der Waals surface area contributed by atoms with Gasteiger partial charge in [-0.3, -0.25) is 9.59 Å². The van der Waals surface area contributed by atoms with Crippen LogP contribution in [0.1, 0.15) is 20.3 Å². The molecule has 0 unspecified atom stereocenters. The number of nitrogens with one attached hydrogen (secondary N) is 1. The molecule has 4 heteroatoms. The Balaban J connectivity index is 3.53. The highest BCUT2D eigenvalue weighted by Crippen LogP contribution is 1.79. The van der Waals surface area contributed by atoms with Crippen molar-refractivity contribution in [3.8, 4) is 0 Å². The molecule has 0 aliphatic carbocycles. The fraction of sp³-hybridized carbons (Fsp3) is 0.429. The first kappa shape index (κ1) is 9.68. The fourth-order valence-electron chi connectivity index (χ4n) is 0.381. The Morgan fingerprint density at radius 2 is 2.18 bits per heavy atom. The predicted octanol–water partition coefficient (Wildman–Crippen LogP) is 0.547. The van der Waals surface area contributed by atoms with Gasteiger partial charge >= 0.3 is 5.97 Å². The van der Waals surface area contributed by atoms with Crippen molar-refractivity contribution < 1.29 is 14.4 Å². The minimum Gasteiger partial charge on any atom is -0.341 e. The van der Waals surface area contributed by atoms with Crippen LogP contribution in [0.3, 0.4) is 0 Å². The summed E-state index contributed by atoms with van der Waals surface area (Å²) in [6.07, 6.45) is 3.75. The van der Waals surface area contributed by atoms with Crippen molar-refractivity contribution in [2.75, 3.05) is 0 Å². The van der Waals surface area contributed by atoms with Gasteiger partial charge in [-0.25, -0.2) is 0 Å². The topological polar surface area (TPSA) is 55.4 Å². The number of rotatable bonds is 2. The van der Waals surface area contributed by atoms with E-state index < -0.39 is 11.9 Å². The van der Waals surface area contributed by atoms with E-state index in [0.29, 0.717) is 0 Å². The Kier molecular flexibility index (Phi) is 4.81. The predicted molar refractivity (Wildman–Crippen MR) is 39.3 cm³/mol. The van der Waals surface area contributed by atoms with E-state index in [4.69, 9.17) is 0 Å². The van der Waals surface area contributed by atoms with Crippen molar-refractivity contribution in [1.29, 1.82) is 0 Å². The molecule has 0 aromatic heterocycles. The number of carbonyl (C=O) groups is 2. The number of allylic oxidation sites excluding steroid dienone is 1. The molecule has 0 rings (SSSR count). The Morgan fingerprint density at radius 1 is 1.55 bits per heavy atom. The average Bonchev–Trinajstić information content (AvgIpc) is 1.97. The summed E-state index contributed by atoms with van der Waals surface area (Å²) in [4.78, 5) is 25.0. The summed E-state index contributed by atoms with van der Waals surface area (Å²) in [5, 5.41) is 0. The molecule has 0 aromatic carbocycles. The van der Waals surface area contributed by atoms with Gasteiger partial charge in [0, 0.05) is 13.0 Å². The van der Waals surface area contributed by atoms with Crippen LogP contribution in [0.25, 0.3) is 0 Å². The first-order chi connectivity index (χ1) is 5.16. The maximum atomic E-state index is 10.6. The summed E-state index contributed by atoms with van der Waals surface area (Å²) >= 11 is 0. The molecule has 0 bridgehead atoms. The Morgan fingerprint density at radius 3 is 2.64 bits per heavy atom. The van der Waals surface area contributed by atoms with E-state index in [2.05, 4.69) is 4.84 Å². The lowest BCUT2D eigenvalue weighted by Gasteiger charge is -1.97. The van der Waals surface area contributed by atoms with Gasteiger partial charge in [-0.1, -0.05) is 13.0 Å². The molecular formula is C7H11NO3. The Bertz CT molecular complexity index is 175. The highest BCUT2D eigenvalue weighted by atomic mass is 16.7. The molecule has 0 heterocycles. The smallest absolute Gasteiger partial charge is 0.329 e. The minimum atomic E-state index is -0.539. The lowest BCUT2D eigenvalue weighted by molar-refractivity contribution is -0.154. The number of amides is 1. The zero-order chi connectivity index (χ0) is 8.69. The standard InChI is InChI=1S/C7H11NO3/c1-3-4-5-7(10)8-11-6(2)9/h4-5H,3H2,1-2H3,(H,8,10). The van der Waals surface area contributed by atoms with Gasteiger partial charge in [-0.15, -0.1) is 0 Å². The first-order valence-electron chi connectivity index (χ1n) is 3.30. The van der Waals surface area contributed by atoms with Crippen LogP contribution in [0.15, 0.2) is 12.2 Å². The number of hydrogen-bond acceptors (Lipinski definition) is 3. The van der Waals surface area contributed by atoms with E-state index in [0.717, 1.165) is 6.42 Å². The minimum absolute atomic E-state index is 0.429. The van der Waals surface area contributed by atoms with Gasteiger partial charge in [0.25, 0.3) is 5.91 Å². The second-order valence-corrected chi connectivity index (χ2v) is 1.87.